The van der Waals surface area contributed by atoms with Crippen LogP contribution in [0.15, 0.2) is 73.1 Å². The molecule has 1 aliphatic rings. The SMILES string of the molecule is CN(C)c1cc(N2CCN(C(c3ccccc3)c3ccccc3)CC2)ncn1. The van der Waals surface area contributed by atoms with Crippen molar-refractivity contribution in [2.24, 2.45) is 0 Å². The maximum atomic E-state index is 4.50. The Labute approximate surface area is 167 Å². The van der Waals surface area contributed by atoms with E-state index >= 15 is 0 Å². The number of nitrogens with zero attached hydrogens (tertiary/aromatic N) is 5. The van der Waals surface area contributed by atoms with Crippen molar-refractivity contribution in [2.45, 2.75) is 6.04 Å². The first-order valence-corrected chi connectivity index (χ1v) is 9.80. The van der Waals surface area contributed by atoms with Gasteiger partial charge in [0.1, 0.15) is 18.0 Å². The Morgan fingerprint density at radius 1 is 0.786 bits per heavy atom. The second-order valence-corrected chi connectivity index (χ2v) is 7.38. The van der Waals surface area contributed by atoms with E-state index in [2.05, 4.69) is 86.5 Å². The minimum Gasteiger partial charge on any atom is -0.363 e. The van der Waals surface area contributed by atoms with Gasteiger partial charge in [0.25, 0.3) is 0 Å². The van der Waals surface area contributed by atoms with E-state index in [-0.39, 0.29) is 6.04 Å². The molecule has 1 fully saturated rings. The molecule has 2 aromatic carbocycles. The van der Waals surface area contributed by atoms with E-state index in [4.69, 9.17) is 0 Å². The molecule has 5 heteroatoms. The lowest BCUT2D eigenvalue weighted by Crippen LogP contribution is -2.48. The summed E-state index contributed by atoms with van der Waals surface area (Å²) in [5.74, 6) is 1.95. The molecule has 1 aliphatic heterocycles. The quantitative estimate of drug-likeness (QED) is 0.684. The summed E-state index contributed by atoms with van der Waals surface area (Å²) in [5.41, 5.74) is 2.69. The van der Waals surface area contributed by atoms with Gasteiger partial charge >= 0.3 is 0 Å². The van der Waals surface area contributed by atoms with Crippen molar-refractivity contribution in [1.82, 2.24) is 14.9 Å². The molecule has 0 N–H and O–H groups in total. The molecule has 2 heterocycles. The number of anilines is 2. The molecule has 0 atom stereocenters. The average molecular weight is 374 g/mol. The van der Waals surface area contributed by atoms with Gasteiger partial charge in [-0.1, -0.05) is 60.7 Å². The van der Waals surface area contributed by atoms with Gasteiger partial charge in [-0.15, -0.1) is 0 Å². The van der Waals surface area contributed by atoms with Gasteiger partial charge < -0.3 is 9.80 Å². The van der Waals surface area contributed by atoms with Gasteiger partial charge in [-0.25, -0.2) is 9.97 Å². The van der Waals surface area contributed by atoms with E-state index in [9.17, 15) is 0 Å². The Bertz CT molecular complexity index is 834. The molecule has 144 valence electrons. The van der Waals surface area contributed by atoms with Crippen LogP contribution in [-0.4, -0.2) is 55.1 Å². The molecule has 1 aromatic heterocycles. The van der Waals surface area contributed by atoms with Crippen molar-refractivity contribution < 1.29 is 0 Å². The van der Waals surface area contributed by atoms with Crippen LogP contribution in [0.2, 0.25) is 0 Å². The first-order chi connectivity index (χ1) is 13.7. The highest BCUT2D eigenvalue weighted by Crippen LogP contribution is 2.30. The lowest BCUT2D eigenvalue weighted by Gasteiger charge is -2.40. The van der Waals surface area contributed by atoms with Crippen LogP contribution in [0.25, 0.3) is 0 Å². The van der Waals surface area contributed by atoms with Crippen molar-refractivity contribution >= 4 is 11.6 Å². The van der Waals surface area contributed by atoms with Gasteiger partial charge in [-0.2, -0.15) is 0 Å². The molecule has 5 nitrogen and oxygen atoms in total. The minimum atomic E-state index is 0.285. The first kappa shape index (κ1) is 18.4. The third-order valence-corrected chi connectivity index (χ3v) is 5.33. The second-order valence-electron chi connectivity index (χ2n) is 7.38. The predicted molar refractivity (Wildman–Crippen MR) is 115 cm³/mol. The number of hydrogen-bond donors (Lipinski definition) is 0. The summed E-state index contributed by atoms with van der Waals surface area (Å²) in [5, 5.41) is 0. The molecule has 3 aromatic rings. The maximum Gasteiger partial charge on any atom is 0.134 e. The largest absolute Gasteiger partial charge is 0.363 e. The molecule has 0 aliphatic carbocycles. The van der Waals surface area contributed by atoms with Gasteiger partial charge in [0.15, 0.2) is 0 Å². The van der Waals surface area contributed by atoms with Crippen molar-refractivity contribution in [3.8, 4) is 0 Å². The van der Waals surface area contributed by atoms with Crippen LogP contribution in [0.4, 0.5) is 11.6 Å². The van der Waals surface area contributed by atoms with Gasteiger partial charge in [0.05, 0.1) is 6.04 Å². The molecule has 0 amide bonds. The van der Waals surface area contributed by atoms with Crippen LogP contribution in [0.1, 0.15) is 17.2 Å². The number of aromatic nitrogens is 2. The van der Waals surface area contributed by atoms with Gasteiger partial charge in [0.2, 0.25) is 0 Å². The predicted octanol–water partition coefficient (Wildman–Crippen LogP) is 3.45. The summed E-state index contributed by atoms with van der Waals surface area (Å²) in [6.07, 6.45) is 1.66. The third-order valence-electron chi connectivity index (χ3n) is 5.33. The summed E-state index contributed by atoms with van der Waals surface area (Å²) in [6, 6.07) is 24.0. The highest BCUT2D eigenvalue weighted by atomic mass is 15.3. The fourth-order valence-corrected chi connectivity index (χ4v) is 3.85. The first-order valence-electron chi connectivity index (χ1n) is 9.80. The third kappa shape index (κ3) is 3.99. The van der Waals surface area contributed by atoms with Gasteiger partial charge in [-0.05, 0) is 11.1 Å². The van der Waals surface area contributed by atoms with Crippen molar-refractivity contribution in [1.29, 1.82) is 0 Å². The number of benzene rings is 2. The van der Waals surface area contributed by atoms with E-state index in [1.807, 2.05) is 19.0 Å². The fraction of sp³-hybridized carbons (Fsp3) is 0.304. The molecule has 28 heavy (non-hydrogen) atoms. The zero-order valence-corrected chi connectivity index (χ0v) is 16.6. The molecule has 0 bridgehead atoms. The van der Waals surface area contributed by atoms with Crippen LogP contribution in [0.5, 0.6) is 0 Å². The number of rotatable bonds is 5. The smallest absolute Gasteiger partial charge is 0.134 e. The molecule has 4 rings (SSSR count). The normalized spacial score (nSPS) is 15.0. The zero-order chi connectivity index (χ0) is 19.3. The highest BCUT2D eigenvalue weighted by molar-refractivity contribution is 5.49. The standard InChI is InChI=1S/C23H27N5/c1-26(2)21-17-22(25-18-24-21)27-13-15-28(16-14-27)23(19-9-5-3-6-10-19)20-11-7-4-8-12-20/h3-12,17-18,23H,13-16H2,1-2H3. The van der Waals surface area contributed by atoms with E-state index in [1.54, 1.807) is 6.33 Å². The van der Waals surface area contributed by atoms with Crippen molar-refractivity contribution in [3.05, 3.63) is 84.2 Å². The number of piperazine rings is 1. The van der Waals surface area contributed by atoms with E-state index in [0.29, 0.717) is 0 Å². The zero-order valence-electron chi connectivity index (χ0n) is 16.6. The molecule has 0 unspecified atom stereocenters. The molecular weight excluding hydrogens is 346 g/mol. The van der Waals surface area contributed by atoms with Crippen LogP contribution in [0, 0.1) is 0 Å². The Balaban J connectivity index is 1.53. The lowest BCUT2D eigenvalue weighted by atomic mass is 9.96. The van der Waals surface area contributed by atoms with E-state index < -0.39 is 0 Å². The highest BCUT2D eigenvalue weighted by Gasteiger charge is 2.26. The summed E-state index contributed by atoms with van der Waals surface area (Å²) in [6.45, 7) is 3.91. The Morgan fingerprint density at radius 2 is 1.36 bits per heavy atom. The molecule has 0 saturated carbocycles. The molecular formula is C23H27N5. The van der Waals surface area contributed by atoms with Crippen LogP contribution < -0.4 is 9.80 Å². The molecule has 0 radical (unpaired) electrons. The summed E-state index contributed by atoms with van der Waals surface area (Å²) in [7, 11) is 4.02. The fourth-order valence-electron chi connectivity index (χ4n) is 3.85. The Hall–Kier alpha value is -2.92. The van der Waals surface area contributed by atoms with Gasteiger partial charge in [0, 0.05) is 46.3 Å². The van der Waals surface area contributed by atoms with E-state index in [0.717, 1.165) is 37.8 Å². The minimum absolute atomic E-state index is 0.285. The Kier molecular flexibility index (Phi) is 5.53. The molecule has 0 spiro atoms. The lowest BCUT2D eigenvalue weighted by molar-refractivity contribution is 0.212. The average Bonchev–Trinajstić information content (AvgIpc) is 2.76. The van der Waals surface area contributed by atoms with Gasteiger partial charge in [-0.3, -0.25) is 4.90 Å². The number of hydrogen-bond acceptors (Lipinski definition) is 5. The van der Waals surface area contributed by atoms with Crippen LogP contribution in [-0.2, 0) is 0 Å². The van der Waals surface area contributed by atoms with E-state index in [1.165, 1.54) is 11.1 Å². The van der Waals surface area contributed by atoms with Crippen LogP contribution in [0.3, 0.4) is 0 Å². The Morgan fingerprint density at radius 3 is 1.89 bits per heavy atom. The summed E-state index contributed by atoms with van der Waals surface area (Å²) < 4.78 is 0. The summed E-state index contributed by atoms with van der Waals surface area (Å²) in [4.78, 5) is 15.8. The molecule has 1 saturated heterocycles. The van der Waals surface area contributed by atoms with Crippen molar-refractivity contribution in [3.63, 3.8) is 0 Å². The second kappa shape index (κ2) is 8.40. The van der Waals surface area contributed by atoms with Crippen molar-refractivity contribution in [2.75, 3.05) is 50.1 Å². The maximum absolute atomic E-state index is 4.50. The summed E-state index contributed by atoms with van der Waals surface area (Å²) >= 11 is 0. The topological polar surface area (TPSA) is 35.5 Å². The monoisotopic (exact) mass is 373 g/mol. The van der Waals surface area contributed by atoms with Crippen LogP contribution >= 0.6 is 0 Å².